The summed E-state index contributed by atoms with van der Waals surface area (Å²) in [5.41, 5.74) is -0.247. The van der Waals surface area contributed by atoms with E-state index in [-0.39, 0.29) is 70.4 Å². The van der Waals surface area contributed by atoms with Gasteiger partial charge in [0, 0.05) is 0 Å². The summed E-state index contributed by atoms with van der Waals surface area (Å²) >= 11 is 0. The maximum atomic E-state index is 10.6. The molecule has 0 bridgehead atoms. The Morgan fingerprint density at radius 1 is 1.18 bits per heavy atom. The van der Waals surface area contributed by atoms with E-state index in [4.69, 9.17) is 5.11 Å². The molecule has 0 fully saturated rings. The van der Waals surface area contributed by atoms with Crippen molar-refractivity contribution in [2.75, 3.05) is 0 Å². The summed E-state index contributed by atoms with van der Waals surface area (Å²) in [6, 6.07) is 4.23. The van der Waals surface area contributed by atoms with Crippen LogP contribution in [-0.4, -0.2) is 24.0 Å². The Balaban J connectivity index is 0. The first-order valence-corrected chi connectivity index (χ1v) is 5.24. The second-order valence-corrected chi connectivity index (χ2v) is 4.24. The van der Waals surface area contributed by atoms with Crippen LogP contribution in [0.15, 0.2) is 24.3 Å². The molecule has 6 nitrogen and oxygen atoms in total. The van der Waals surface area contributed by atoms with Crippen LogP contribution in [0.2, 0.25) is 0 Å². The van der Waals surface area contributed by atoms with Crippen LogP contribution in [0.3, 0.4) is 0 Å². The Bertz CT molecular complexity index is 469. The molecule has 1 aromatic carbocycles. The number of carboxylic acid groups (broad SMARTS) is 1. The largest absolute Gasteiger partial charge is 1.00 e. The molecule has 1 aromatic rings. The molecule has 82 valence electrons. The first kappa shape index (κ1) is 19.7. The monoisotopic (exact) mass is 276 g/mol. The van der Waals surface area contributed by atoms with Gasteiger partial charge in [0.15, 0.2) is 0 Å². The number of benzene rings is 1. The van der Waals surface area contributed by atoms with Gasteiger partial charge < -0.3 is 19.6 Å². The molecule has 0 aromatic heterocycles. The molecular formula is C8H6Na2O6S. The Morgan fingerprint density at radius 2 is 1.59 bits per heavy atom. The molecule has 0 radical (unpaired) electrons. The van der Waals surface area contributed by atoms with E-state index >= 15 is 0 Å². The summed E-state index contributed by atoms with van der Waals surface area (Å²) < 4.78 is 31.9. The van der Waals surface area contributed by atoms with Gasteiger partial charge in [-0.15, -0.1) is 0 Å². The second-order valence-electron chi connectivity index (χ2n) is 2.78. The molecule has 17 heavy (non-hydrogen) atoms. The molecule has 0 aliphatic heterocycles. The fourth-order valence-corrected chi connectivity index (χ4v) is 1.80. The summed E-state index contributed by atoms with van der Waals surface area (Å²) in [7, 11) is -5.02. The van der Waals surface area contributed by atoms with Crippen LogP contribution < -0.4 is 64.2 Å². The van der Waals surface area contributed by atoms with Crippen molar-refractivity contribution >= 4 is 16.1 Å². The van der Waals surface area contributed by atoms with E-state index in [0.717, 1.165) is 24.3 Å². The second kappa shape index (κ2) is 7.75. The van der Waals surface area contributed by atoms with Gasteiger partial charge in [-0.2, -0.15) is 0 Å². The van der Waals surface area contributed by atoms with Crippen molar-refractivity contribution < 1.29 is 87.1 Å². The van der Waals surface area contributed by atoms with Gasteiger partial charge in [-0.1, -0.05) is 12.1 Å². The molecule has 0 saturated carbocycles. The minimum atomic E-state index is -5.02. The third-order valence-corrected chi connectivity index (χ3v) is 2.74. The van der Waals surface area contributed by atoms with Gasteiger partial charge in [0.2, 0.25) is 0 Å². The Hall–Kier alpha value is 0.400. The van der Waals surface area contributed by atoms with Gasteiger partial charge in [-0.3, -0.25) is 0 Å². The molecule has 0 aliphatic carbocycles. The van der Waals surface area contributed by atoms with Crippen molar-refractivity contribution in [1.82, 2.24) is 0 Å². The predicted octanol–water partition coefficient (Wildman–Crippen LogP) is -7.26. The van der Waals surface area contributed by atoms with Crippen molar-refractivity contribution in [1.29, 1.82) is 0 Å². The average molecular weight is 276 g/mol. The predicted molar refractivity (Wildman–Crippen MR) is 45.6 cm³/mol. The molecule has 0 heterocycles. The number of carboxylic acids is 1. The van der Waals surface area contributed by atoms with E-state index in [1.165, 1.54) is 0 Å². The van der Waals surface area contributed by atoms with Gasteiger partial charge in [-0.05, 0) is 17.7 Å². The minimum Gasteiger partial charge on any atom is -0.747 e. The van der Waals surface area contributed by atoms with Crippen molar-refractivity contribution in [2.24, 2.45) is 0 Å². The molecule has 0 saturated heterocycles. The summed E-state index contributed by atoms with van der Waals surface area (Å²) in [6.45, 7) is 0. The van der Waals surface area contributed by atoms with Gasteiger partial charge in [-0.25, -0.2) is 8.42 Å². The number of rotatable bonds is 3. The quantitative estimate of drug-likeness (QED) is 0.433. The standard InChI is InChI=1S/C8H8O6S.2Na/c9-6-3-1-5(2-4-6)7(8(10)11)15(12,13)14;;/h1-4,7,9H,(H,10,11)(H,12,13,14);;/q;2*+1/p-2. The SMILES string of the molecule is O=C([O-])C(c1ccc(O)cc1)S(=O)(=O)[O-].[Na+].[Na+]. The van der Waals surface area contributed by atoms with E-state index < -0.39 is 21.3 Å². The van der Waals surface area contributed by atoms with Crippen LogP contribution in [0.5, 0.6) is 5.75 Å². The van der Waals surface area contributed by atoms with Crippen LogP contribution in [-0.2, 0) is 14.9 Å². The van der Waals surface area contributed by atoms with Gasteiger partial charge >= 0.3 is 59.1 Å². The smallest absolute Gasteiger partial charge is 0.747 e. The maximum Gasteiger partial charge on any atom is 1.00 e. The van der Waals surface area contributed by atoms with Crippen LogP contribution in [0.1, 0.15) is 10.8 Å². The first-order valence-electron chi connectivity index (χ1n) is 3.77. The number of hydrogen-bond acceptors (Lipinski definition) is 6. The normalized spacial score (nSPS) is 11.8. The third-order valence-electron chi connectivity index (χ3n) is 1.70. The van der Waals surface area contributed by atoms with Crippen LogP contribution in [0, 0.1) is 0 Å². The van der Waals surface area contributed by atoms with E-state index in [1.807, 2.05) is 0 Å². The molecule has 1 atom stereocenters. The van der Waals surface area contributed by atoms with Crippen molar-refractivity contribution in [3.8, 4) is 5.75 Å². The molecule has 0 amide bonds. The Labute approximate surface area is 142 Å². The average Bonchev–Trinajstić information content (AvgIpc) is 2.05. The van der Waals surface area contributed by atoms with Crippen molar-refractivity contribution in [3.05, 3.63) is 29.8 Å². The first-order chi connectivity index (χ1) is 6.82. The van der Waals surface area contributed by atoms with E-state index in [1.54, 1.807) is 0 Å². The summed E-state index contributed by atoms with van der Waals surface area (Å²) in [5.74, 6) is -2.16. The fourth-order valence-electron chi connectivity index (χ4n) is 1.07. The number of hydrogen-bond donors (Lipinski definition) is 1. The van der Waals surface area contributed by atoms with Crippen LogP contribution in [0.4, 0.5) is 0 Å². The zero-order valence-corrected chi connectivity index (χ0v) is 14.1. The topological polar surface area (TPSA) is 118 Å². The Morgan fingerprint density at radius 3 is 1.88 bits per heavy atom. The third kappa shape index (κ3) is 5.71. The van der Waals surface area contributed by atoms with Crippen molar-refractivity contribution in [2.45, 2.75) is 5.25 Å². The van der Waals surface area contributed by atoms with Crippen LogP contribution >= 0.6 is 0 Å². The molecular weight excluding hydrogens is 270 g/mol. The summed E-state index contributed by atoms with van der Waals surface area (Å²) in [4.78, 5) is 10.5. The number of phenols is 1. The van der Waals surface area contributed by atoms with E-state index in [9.17, 15) is 22.9 Å². The molecule has 1 N–H and O–H groups in total. The molecule has 1 rings (SSSR count). The van der Waals surface area contributed by atoms with Gasteiger partial charge in [0.1, 0.15) is 21.1 Å². The number of phenolic OH excluding ortho intramolecular Hbond substituents is 1. The maximum absolute atomic E-state index is 10.6. The van der Waals surface area contributed by atoms with Crippen LogP contribution in [0.25, 0.3) is 0 Å². The summed E-state index contributed by atoms with van der Waals surface area (Å²) in [6.07, 6.45) is 0. The summed E-state index contributed by atoms with van der Waals surface area (Å²) in [5, 5.41) is 17.1. The van der Waals surface area contributed by atoms with Gasteiger partial charge in [0.05, 0.1) is 5.97 Å². The van der Waals surface area contributed by atoms with E-state index in [2.05, 4.69) is 0 Å². The number of carbonyl (C=O) groups excluding carboxylic acids is 1. The molecule has 1 unspecified atom stereocenters. The molecule has 0 aliphatic rings. The zero-order valence-electron chi connectivity index (χ0n) is 9.28. The Kier molecular flexibility index (Phi) is 9.00. The molecule has 0 spiro atoms. The zero-order chi connectivity index (χ0) is 11.6. The van der Waals surface area contributed by atoms with E-state index in [0.29, 0.717) is 0 Å². The number of aliphatic carboxylic acids is 1. The fraction of sp³-hybridized carbons (Fsp3) is 0.125. The minimum absolute atomic E-state index is 0. The van der Waals surface area contributed by atoms with Gasteiger partial charge in [0.25, 0.3) is 0 Å². The van der Waals surface area contributed by atoms with Crippen molar-refractivity contribution in [3.63, 3.8) is 0 Å². The number of aromatic hydroxyl groups is 1. The molecule has 9 heteroatoms. The number of carbonyl (C=O) groups is 1.